The summed E-state index contributed by atoms with van der Waals surface area (Å²) in [5.74, 6) is -0.875. The third kappa shape index (κ3) is 3.72. The van der Waals surface area contributed by atoms with Gasteiger partial charge < -0.3 is 15.3 Å². The Morgan fingerprint density at radius 2 is 2.10 bits per heavy atom. The van der Waals surface area contributed by atoms with Crippen molar-refractivity contribution in [1.82, 2.24) is 20.4 Å². The summed E-state index contributed by atoms with van der Waals surface area (Å²) in [6, 6.07) is -0.293. The van der Waals surface area contributed by atoms with Crippen molar-refractivity contribution in [2.24, 2.45) is 5.41 Å². The predicted octanol–water partition coefficient (Wildman–Crippen LogP) is 1.44. The standard InChI is InChI=1S/C13H22N4O3/c1-4-13(5-2,11(18)19)9-14-12(20)17(3)8-10-6-15-16-7-10/h6-7H,4-5,8-9H2,1-3H3,(H,14,20)(H,15,16)(H,18,19). The predicted molar refractivity (Wildman–Crippen MR) is 74.1 cm³/mol. The Kier molecular flexibility index (Phi) is 5.54. The molecule has 0 fully saturated rings. The number of carbonyl (C=O) groups excluding carboxylic acids is 1. The highest BCUT2D eigenvalue weighted by Crippen LogP contribution is 2.25. The van der Waals surface area contributed by atoms with Crippen molar-refractivity contribution in [3.05, 3.63) is 18.0 Å². The highest BCUT2D eigenvalue weighted by molar-refractivity contribution is 5.78. The van der Waals surface area contributed by atoms with Gasteiger partial charge in [-0.3, -0.25) is 9.89 Å². The summed E-state index contributed by atoms with van der Waals surface area (Å²) >= 11 is 0. The number of aromatic nitrogens is 2. The molecule has 7 heteroatoms. The quantitative estimate of drug-likeness (QED) is 0.704. The largest absolute Gasteiger partial charge is 0.481 e. The number of aliphatic carboxylic acids is 1. The number of carbonyl (C=O) groups is 2. The molecule has 0 spiro atoms. The van der Waals surface area contributed by atoms with Crippen LogP contribution in [-0.2, 0) is 11.3 Å². The first-order valence-electron chi connectivity index (χ1n) is 6.65. The number of urea groups is 1. The molecule has 0 aromatic carbocycles. The molecule has 0 saturated heterocycles. The van der Waals surface area contributed by atoms with E-state index >= 15 is 0 Å². The van der Waals surface area contributed by atoms with Gasteiger partial charge in [0.2, 0.25) is 0 Å². The number of rotatable bonds is 7. The zero-order valence-electron chi connectivity index (χ0n) is 12.1. The van der Waals surface area contributed by atoms with Crippen LogP contribution in [0.15, 0.2) is 12.4 Å². The van der Waals surface area contributed by atoms with Crippen molar-refractivity contribution < 1.29 is 14.7 Å². The normalized spacial score (nSPS) is 11.2. The van der Waals surface area contributed by atoms with Crippen molar-refractivity contribution in [3.63, 3.8) is 0 Å². The summed E-state index contributed by atoms with van der Waals surface area (Å²) in [6.45, 7) is 4.18. The third-order valence-electron chi connectivity index (χ3n) is 3.71. The smallest absolute Gasteiger partial charge is 0.317 e. The minimum atomic E-state index is -0.897. The number of aromatic amines is 1. The van der Waals surface area contributed by atoms with Gasteiger partial charge in [0, 0.05) is 25.4 Å². The van der Waals surface area contributed by atoms with E-state index in [1.807, 2.05) is 13.8 Å². The van der Waals surface area contributed by atoms with Crippen LogP contribution in [0.5, 0.6) is 0 Å². The fraction of sp³-hybridized carbons (Fsp3) is 0.615. The zero-order valence-corrected chi connectivity index (χ0v) is 12.1. The van der Waals surface area contributed by atoms with Crippen LogP contribution in [0.25, 0.3) is 0 Å². The lowest BCUT2D eigenvalue weighted by Crippen LogP contribution is -2.46. The maximum atomic E-state index is 12.0. The molecule has 0 unspecified atom stereocenters. The molecule has 0 aliphatic carbocycles. The minimum absolute atomic E-state index is 0.129. The minimum Gasteiger partial charge on any atom is -0.481 e. The number of H-pyrrole nitrogens is 1. The van der Waals surface area contributed by atoms with Crippen LogP contribution in [0.1, 0.15) is 32.3 Å². The molecule has 1 aromatic heterocycles. The van der Waals surface area contributed by atoms with Gasteiger partial charge in [0.25, 0.3) is 0 Å². The molecule has 0 aliphatic heterocycles. The number of hydrogen-bond donors (Lipinski definition) is 3. The van der Waals surface area contributed by atoms with Gasteiger partial charge in [0.1, 0.15) is 0 Å². The maximum absolute atomic E-state index is 12.0. The fourth-order valence-corrected chi connectivity index (χ4v) is 1.97. The highest BCUT2D eigenvalue weighted by atomic mass is 16.4. The summed E-state index contributed by atoms with van der Waals surface area (Å²) in [5.41, 5.74) is -0.00953. The summed E-state index contributed by atoms with van der Waals surface area (Å²) in [5, 5.41) is 18.5. The third-order valence-corrected chi connectivity index (χ3v) is 3.71. The van der Waals surface area contributed by atoms with E-state index in [1.165, 1.54) is 4.90 Å². The fourth-order valence-electron chi connectivity index (χ4n) is 1.97. The highest BCUT2D eigenvalue weighted by Gasteiger charge is 2.35. The first kappa shape index (κ1) is 16.0. The molecule has 1 aromatic rings. The van der Waals surface area contributed by atoms with Crippen molar-refractivity contribution in [3.8, 4) is 0 Å². The van der Waals surface area contributed by atoms with E-state index in [0.29, 0.717) is 19.4 Å². The second-order valence-corrected chi connectivity index (χ2v) is 4.91. The van der Waals surface area contributed by atoms with Crippen molar-refractivity contribution in [2.45, 2.75) is 33.2 Å². The first-order valence-corrected chi connectivity index (χ1v) is 6.65. The monoisotopic (exact) mass is 282 g/mol. The van der Waals surface area contributed by atoms with E-state index in [2.05, 4.69) is 15.5 Å². The molecule has 2 amide bonds. The molecule has 3 N–H and O–H groups in total. The molecule has 0 radical (unpaired) electrons. The molecular formula is C13H22N4O3. The van der Waals surface area contributed by atoms with E-state index in [9.17, 15) is 14.7 Å². The van der Waals surface area contributed by atoms with Crippen molar-refractivity contribution in [2.75, 3.05) is 13.6 Å². The number of nitrogens with one attached hydrogen (secondary N) is 2. The van der Waals surface area contributed by atoms with Crippen LogP contribution in [-0.4, -0.2) is 45.8 Å². The summed E-state index contributed by atoms with van der Waals surface area (Å²) < 4.78 is 0. The number of amides is 2. The van der Waals surface area contributed by atoms with E-state index in [1.54, 1.807) is 19.4 Å². The Labute approximate surface area is 118 Å². The van der Waals surface area contributed by atoms with Crippen molar-refractivity contribution in [1.29, 1.82) is 0 Å². The first-order chi connectivity index (χ1) is 9.45. The van der Waals surface area contributed by atoms with E-state index in [4.69, 9.17) is 0 Å². The molecular weight excluding hydrogens is 260 g/mol. The van der Waals surface area contributed by atoms with Crippen LogP contribution in [0.2, 0.25) is 0 Å². The Balaban J connectivity index is 2.55. The average molecular weight is 282 g/mol. The second kappa shape index (κ2) is 6.93. The van der Waals surface area contributed by atoms with Crippen LogP contribution >= 0.6 is 0 Å². The lowest BCUT2D eigenvalue weighted by atomic mass is 9.82. The van der Waals surface area contributed by atoms with Gasteiger partial charge in [-0.25, -0.2) is 4.79 Å². The van der Waals surface area contributed by atoms with E-state index in [0.717, 1.165) is 5.56 Å². The van der Waals surface area contributed by atoms with Crippen molar-refractivity contribution >= 4 is 12.0 Å². The van der Waals surface area contributed by atoms with Crippen LogP contribution in [0.3, 0.4) is 0 Å². The van der Waals surface area contributed by atoms with Gasteiger partial charge in [0.05, 0.1) is 18.2 Å². The molecule has 7 nitrogen and oxygen atoms in total. The SMILES string of the molecule is CCC(CC)(CNC(=O)N(C)Cc1cn[nH]c1)C(=O)O. The lowest BCUT2D eigenvalue weighted by molar-refractivity contribution is -0.149. The topological polar surface area (TPSA) is 98.3 Å². The van der Waals surface area contributed by atoms with Gasteiger partial charge >= 0.3 is 12.0 Å². The van der Waals surface area contributed by atoms with Gasteiger partial charge in [-0.05, 0) is 12.8 Å². The average Bonchev–Trinajstić information content (AvgIpc) is 2.92. The molecule has 112 valence electrons. The number of nitrogens with zero attached hydrogens (tertiary/aromatic N) is 2. The van der Waals surface area contributed by atoms with Gasteiger partial charge in [-0.15, -0.1) is 0 Å². The Morgan fingerprint density at radius 1 is 1.45 bits per heavy atom. The Bertz CT molecular complexity index is 440. The van der Waals surface area contributed by atoms with Crippen LogP contribution in [0, 0.1) is 5.41 Å². The number of carboxylic acid groups (broad SMARTS) is 1. The van der Waals surface area contributed by atoms with Gasteiger partial charge in [-0.2, -0.15) is 5.10 Å². The van der Waals surface area contributed by atoms with E-state index in [-0.39, 0.29) is 12.6 Å². The molecule has 0 aliphatic rings. The Morgan fingerprint density at radius 3 is 2.55 bits per heavy atom. The van der Waals surface area contributed by atoms with Gasteiger partial charge in [0.15, 0.2) is 0 Å². The molecule has 0 bridgehead atoms. The maximum Gasteiger partial charge on any atom is 0.317 e. The Hall–Kier alpha value is -2.05. The molecule has 1 heterocycles. The molecule has 20 heavy (non-hydrogen) atoms. The molecule has 0 saturated carbocycles. The summed E-state index contributed by atoms with van der Waals surface area (Å²) in [4.78, 5) is 24.8. The summed E-state index contributed by atoms with van der Waals surface area (Å²) in [6.07, 6.45) is 4.31. The van der Waals surface area contributed by atoms with Crippen LogP contribution < -0.4 is 5.32 Å². The molecule has 1 rings (SSSR count). The molecule has 0 atom stereocenters. The summed E-state index contributed by atoms with van der Waals surface area (Å²) in [7, 11) is 1.66. The van der Waals surface area contributed by atoms with E-state index < -0.39 is 11.4 Å². The second-order valence-electron chi connectivity index (χ2n) is 4.91. The van der Waals surface area contributed by atoms with Gasteiger partial charge in [-0.1, -0.05) is 13.8 Å². The lowest BCUT2D eigenvalue weighted by Gasteiger charge is -2.28. The van der Waals surface area contributed by atoms with Crippen LogP contribution in [0.4, 0.5) is 4.79 Å². The number of carboxylic acids is 1. The number of hydrogen-bond acceptors (Lipinski definition) is 3. The zero-order chi connectivity index (χ0) is 15.2.